The zero-order valence-corrected chi connectivity index (χ0v) is 12.2. The Hall–Kier alpha value is -1.58. The lowest BCUT2D eigenvalue weighted by atomic mass is 9.86. The van der Waals surface area contributed by atoms with E-state index in [9.17, 15) is 4.39 Å². The van der Waals surface area contributed by atoms with Crippen LogP contribution in [0.2, 0.25) is 5.02 Å². The molecule has 0 fully saturated rings. The quantitative estimate of drug-likeness (QED) is 0.928. The van der Waals surface area contributed by atoms with Crippen molar-refractivity contribution in [3.63, 3.8) is 0 Å². The van der Waals surface area contributed by atoms with Gasteiger partial charge in [-0.15, -0.1) is 0 Å². The molecule has 0 aliphatic heterocycles. The molecule has 2 aromatic carbocycles. The molecule has 20 heavy (non-hydrogen) atoms. The Morgan fingerprint density at radius 2 is 1.85 bits per heavy atom. The molecule has 0 spiro atoms. The minimum atomic E-state index is -0.802. The second-order valence-corrected chi connectivity index (χ2v) is 5.50. The van der Waals surface area contributed by atoms with E-state index < -0.39 is 5.54 Å². The molecule has 1 atom stereocenters. The first-order chi connectivity index (χ1) is 9.42. The zero-order valence-electron chi connectivity index (χ0n) is 11.5. The molecule has 106 valence electrons. The summed E-state index contributed by atoms with van der Waals surface area (Å²) in [5.41, 5.74) is 6.95. The van der Waals surface area contributed by atoms with Gasteiger partial charge in [-0.25, -0.2) is 4.39 Å². The summed E-state index contributed by atoms with van der Waals surface area (Å²) in [4.78, 5) is 0. The summed E-state index contributed by atoms with van der Waals surface area (Å²) < 4.78 is 19.1. The van der Waals surface area contributed by atoms with Crippen molar-refractivity contribution >= 4 is 11.6 Å². The molecule has 2 aromatic rings. The smallest absolute Gasteiger partial charge is 0.129 e. The number of benzene rings is 2. The van der Waals surface area contributed by atoms with Crippen molar-refractivity contribution in [2.75, 3.05) is 7.11 Å². The third-order valence-corrected chi connectivity index (χ3v) is 3.51. The Morgan fingerprint density at radius 3 is 2.40 bits per heavy atom. The van der Waals surface area contributed by atoms with Crippen LogP contribution in [0.5, 0.6) is 5.75 Å². The van der Waals surface area contributed by atoms with Crippen LogP contribution in [0.15, 0.2) is 42.5 Å². The summed E-state index contributed by atoms with van der Waals surface area (Å²) >= 11 is 5.77. The number of halogens is 2. The molecule has 0 aromatic heterocycles. The van der Waals surface area contributed by atoms with Gasteiger partial charge in [0.25, 0.3) is 0 Å². The lowest BCUT2D eigenvalue weighted by Crippen LogP contribution is -2.36. The number of hydrogen-bond donors (Lipinski definition) is 1. The molecule has 1 unspecified atom stereocenters. The van der Waals surface area contributed by atoms with Gasteiger partial charge in [-0.1, -0.05) is 29.8 Å². The van der Waals surface area contributed by atoms with Crippen molar-refractivity contribution in [1.82, 2.24) is 0 Å². The third kappa shape index (κ3) is 3.30. The van der Waals surface area contributed by atoms with Crippen LogP contribution in [0.1, 0.15) is 18.1 Å². The van der Waals surface area contributed by atoms with Crippen LogP contribution in [-0.2, 0) is 12.0 Å². The summed E-state index contributed by atoms with van der Waals surface area (Å²) in [7, 11) is 1.62. The molecule has 0 radical (unpaired) electrons. The number of nitrogens with two attached hydrogens (primary N) is 1. The Kier molecular flexibility index (Phi) is 4.31. The molecule has 4 heteroatoms. The van der Waals surface area contributed by atoms with Gasteiger partial charge >= 0.3 is 0 Å². The van der Waals surface area contributed by atoms with E-state index in [2.05, 4.69) is 0 Å². The SMILES string of the molecule is COc1ccc(CC(C)(N)c2ccc(Cl)cc2F)cc1. The maximum atomic E-state index is 14.0. The fourth-order valence-corrected chi connectivity index (χ4v) is 2.37. The first kappa shape index (κ1) is 14.8. The first-order valence-electron chi connectivity index (χ1n) is 6.30. The predicted octanol–water partition coefficient (Wildman–Crippen LogP) is 3.90. The Bertz CT molecular complexity index is 596. The molecule has 2 nitrogen and oxygen atoms in total. The van der Waals surface area contributed by atoms with E-state index in [1.165, 1.54) is 6.07 Å². The van der Waals surface area contributed by atoms with E-state index in [-0.39, 0.29) is 5.82 Å². The van der Waals surface area contributed by atoms with Gasteiger partial charge in [-0.3, -0.25) is 0 Å². The highest BCUT2D eigenvalue weighted by Gasteiger charge is 2.25. The monoisotopic (exact) mass is 293 g/mol. The van der Waals surface area contributed by atoms with Gasteiger partial charge in [0.2, 0.25) is 0 Å². The van der Waals surface area contributed by atoms with Crippen molar-refractivity contribution < 1.29 is 9.13 Å². The Labute approximate surface area is 123 Å². The standard InChI is InChI=1S/C16H17ClFNO/c1-16(19,14-8-5-12(17)9-15(14)18)10-11-3-6-13(20-2)7-4-11/h3-9H,10,19H2,1-2H3. The molecule has 0 amide bonds. The summed E-state index contributed by atoms with van der Waals surface area (Å²) in [6.07, 6.45) is 0.523. The van der Waals surface area contributed by atoms with Crippen molar-refractivity contribution in [2.24, 2.45) is 5.73 Å². The molecule has 2 N–H and O–H groups in total. The second kappa shape index (κ2) is 5.81. The van der Waals surface area contributed by atoms with Crippen LogP contribution in [0.25, 0.3) is 0 Å². The minimum absolute atomic E-state index is 0.367. The Morgan fingerprint density at radius 1 is 1.20 bits per heavy atom. The van der Waals surface area contributed by atoms with Crippen molar-refractivity contribution in [3.8, 4) is 5.75 Å². The molecular weight excluding hydrogens is 277 g/mol. The van der Waals surface area contributed by atoms with Crippen molar-refractivity contribution in [1.29, 1.82) is 0 Å². The average Bonchev–Trinajstić information content (AvgIpc) is 2.38. The van der Waals surface area contributed by atoms with Crippen LogP contribution < -0.4 is 10.5 Å². The van der Waals surface area contributed by atoms with Gasteiger partial charge < -0.3 is 10.5 Å². The Balaban J connectivity index is 2.25. The molecule has 0 saturated carbocycles. The molecule has 0 bridgehead atoms. The first-order valence-corrected chi connectivity index (χ1v) is 6.67. The summed E-state index contributed by atoms with van der Waals surface area (Å²) in [6, 6.07) is 12.2. The summed E-state index contributed by atoms with van der Waals surface area (Å²) in [5.74, 6) is 0.404. The highest BCUT2D eigenvalue weighted by molar-refractivity contribution is 6.30. The zero-order chi connectivity index (χ0) is 14.8. The summed E-state index contributed by atoms with van der Waals surface area (Å²) in [6.45, 7) is 1.81. The van der Waals surface area contributed by atoms with Crippen molar-refractivity contribution in [3.05, 3.63) is 64.4 Å². The van der Waals surface area contributed by atoms with E-state index >= 15 is 0 Å². The van der Waals surface area contributed by atoms with Gasteiger partial charge in [-0.2, -0.15) is 0 Å². The van der Waals surface area contributed by atoms with Crippen LogP contribution in [0.3, 0.4) is 0 Å². The van der Waals surface area contributed by atoms with Crippen LogP contribution in [-0.4, -0.2) is 7.11 Å². The molecule has 0 aliphatic rings. The van der Waals surface area contributed by atoms with Crippen LogP contribution in [0.4, 0.5) is 4.39 Å². The average molecular weight is 294 g/mol. The predicted molar refractivity (Wildman–Crippen MR) is 79.6 cm³/mol. The number of rotatable bonds is 4. The second-order valence-electron chi connectivity index (χ2n) is 5.07. The number of ether oxygens (including phenoxy) is 1. The summed E-state index contributed by atoms with van der Waals surface area (Å²) in [5, 5.41) is 0.367. The molecular formula is C16H17ClFNO. The van der Waals surface area contributed by atoms with Crippen molar-refractivity contribution in [2.45, 2.75) is 18.9 Å². The molecule has 0 aliphatic carbocycles. The topological polar surface area (TPSA) is 35.2 Å². The fourth-order valence-electron chi connectivity index (χ4n) is 2.22. The highest BCUT2D eigenvalue weighted by Crippen LogP contribution is 2.27. The van der Waals surface area contributed by atoms with E-state index in [4.69, 9.17) is 22.1 Å². The van der Waals surface area contributed by atoms with E-state index in [1.54, 1.807) is 19.2 Å². The number of methoxy groups -OCH3 is 1. The van der Waals surface area contributed by atoms with E-state index in [0.29, 0.717) is 17.0 Å². The van der Waals surface area contributed by atoms with E-state index in [0.717, 1.165) is 11.3 Å². The minimum Gasteiger partial charge on any atom is -0.497 e. The normalized spacial score (nSPS) is 13.8. The van der Waals surface area contributed by atoms with Gasteiger partial charge in [0, 0.05) is 16.1 Å². The van der Waals surface area contributed by atoms with Crippen LogP contribution in [0, 0.1) is 5.82 Å². The highest BCUT2D eigenvalue weighted by atomic mass is 35.5. The van der Waals surface area contributed by atoms with Crippen LogP contribution >= 0.6 is 11.6 Å². The number of hydrogen-bond acceptors (Lipinski definition) is 2. The van der Waals surface area contributed by atoms with E-state index in [1.807, 2.05) is 31.2 Å². The molecule has 2 rings (SSSR count). The molecule has 0 heterocycles. The molecule has 0 saturated heterocycles. The lowest BCUT2D eigenvalue weighted by Gasteiger charge is -2.26. The van der Waals surface area contributed by atoms with Gasteiger partial charge in [-0.05, 0) is 43.2 Å². The third-order valence-electron chi connectivity index (χ3n) is 3.28. The maximum absolute atomic E-state index is 14.0. The van der Waals surface area contributed by atoms with Gasteiger partial charge in [0.05, 0.1) is 7.11 Å². The van der Waals surface area contributed by atoms with Gasteiger partial charge in [0.15, 0.2) is 0 Å². The lowest BCUT2D eigenvalue weighted by molar-refractivity contribution is 0.414. The fraction of sp³-hybridized carbons (Fsp3) is 0.250. The maximum Gasteiger partial charge on any atom is 0.129 e. The largest absolute Gasteiger partial charge is 0.497 e. The van der Waals surface area contributed by atoms with Gasteiger partial charge in [0.1, 0.15) is 11.6 Å².